The summed E-state index contributed by atoms with van der Waals surface area (Å²) in [4.78, 5) is 15.7. The minimum absolute atomic E-state index is 0.0169. The van der Waals surface area contributed by atoms with Crippen molar-refractivity contribution < 1.29 is 9.53 Å². The maximum Gasteiger partial charge on any atom is 0.262 e. The maximum absolute atomic E-state index is 11.7. The van der Waals surface area contributed by atoms with Crippen molar-refractivity contribution in [2.75, 3.05) is 11.9 Å². The molecule has 4 nitrogen and oxygen atoms in total. The summed E-state index contributed by atoms with van der Waals surface area (Å²) in [6.07, 6.45) is 3.34. The third-order valence-electron chi connectivity index (χ3n) is 2.55. The van der Waals surface area contributed by atoms with E-state index in [0.717, 1.165) is 11.1 Å². The lowest BCUT2D eigenvalue weighted by atomic mass is 10.2. The largest absolute Gasteiger partial charge is 0.484 e. The number of nitrogens with one attached hydrogen (secondary N) is 1. The Morgan fingerprint density at radius 2 is 1.89 bits per heavy atom. The van der Waals surface area contributed by atoms with E-state index in [1.807, 2.05) is 44.2 Å². The Balaban J connectivity index is 1.86. The first-order valence-corrected chi connectivity index (χ1v) is 6.04. The number of nitrogens with zero attached hydrogens (tertiary/aromatic N) is 1. The van der Waals surface area contributed by atoms with E-state index in [1.54, 1.807) is 12.4 Å². The maximum atomic E-state index is 11.7. The zero-order valence-electron chi connectivity index (χ0n) is 11.0. The van der Waals surface area contributed by atoms with Crippen LogP contribution in [0.4, 0.5) is 5.69 Å². The Bertz CT molecular complexity index is 565. The summed E-state index contributed by atoms with van der Waals surface area (Å²) in [6.45, 7) is 3.91. The summed E-state index contributed by atoms with van der Waals surface area (Å²) < 4.78 is 5.39. The standard InChI is InChI=1S/C15H16N2O2/c1-11-3-5-14(6-4-11)19-10-15(18)17-13-7-12(2)8-16-9-13/h3-9H,10H2,1-2H3,(H,17,18). The van der Waals surface area contributed by atoms with E-state index in [-0.39, 0.29) is 12.5 Å². The molecule has 0 bridgehead atoms. The molecule has 0 radical (unpaired) electrons. The average molecular weight is 256 g/mol. The van der Waals surface area contributed by atoms with Crippen LogP contribution in [0.5, 0.6) is 5.75 Å². The molecule has 0 spiro atoms. The molecule has 2 aromatic rings. The van der Waals surface area contributed by atoms with Crippen molar-refractivity contribution in [3.63, 3.8) is 0 Å². The Morgan fingerprint density at radius 1 is 1.16 bits per heavy atom. The van der Waals surface area contributed by atoms with Gasteiger partial charge in [0.15, 0.2) is 6.61 Å². The number of ether oxygens (including phenoxy) is 1. The van der Waals surface area contributed by atoms with Crippen LogP contribution in [0, 0.1) is 13.8 Å². The van der Waals surface area contributed by atoms with Crippen LogP contribution in [0.25, 0.3) is 0 Å². The molecule has 0 saturated carbocycles. The van der Waals surface area contributed by atoms with Gasteiger partial charge in [0.05, 0.1) is 11.9 Å². The Kier molecular flexibility index (Phi) is 4.13. The predicted molar refractivity (Wildman–Crippen MR) is 74.3 cm³/mol. The summed E-state index contributed by atoms with van der Waals surface area (Å²) in [5, 5.41) is 2.74. The lowest BCUT2D eigenvalue weighted by molar-refractivity contribution is -0.118. The smallest absolute Gasteiger partial charge is 0.262 e. The first-order chi connectivity index (χ1) is 9.13. The molecule has 1 N–H and O–H groups in total. The number of hydrogen-bond acceptors (Lipinski definition) is 3. The normalized spacial score (nSPS) is 10.0. The number of benzene rings is 1. The van der Waals surface area contributed by atoms with Gasteiger partial charge in [0.2, 0.25) is 0 Å². The number of hydrogen-bond donors (Lipinski definition) is 1. The van der Waals surface area contributed by atoms with Crippen LogP contribution in [-0.4, -0.2) is 17.5 Å². The van der Waals surface area contributed by atoms with Crippen LogP contribution in [0.2, 0.25) is 0 Å². The van der Waals surface area contributed by atoms with Gasteiger partial charge >= 0.3 is 0 Å². The number of aryl methyl sites for hydroxylation is 2. The van der Waals surface area contributed by atoms with Crippen molar-refractivity contribution in [2.45, 2.75) is 13.8 Å². The number of carbonyl (C=O) groups excluding carboxylic acids is 1. The zero-order chi connectivity index (χ0) is 13.7. The average Bonchev–Trinajstić information content (AvgIpc) is 2.38. The second kappa shape index (κ2) is 6.00. The number of pyridine rings is 1. The SMILES string of the molecule is Cc1ccc(OCC(=O)Nc2cncc(C)c2)cc1. The quantitative estimate of drug-likeness (QED) is 0.915. The molecule has 98 valence electrons. The molecule has 0 atom stereocenters. The summed E-state index contributed by atoms with van der Waals surface area (Å²) in [6, 6.07) is 9.43. The number of rotatable bonds is 4. The van der Waals surface area contributed by atoms with Gasteiger partial charge in [0.1, 0.15) is 5.75 Å². The minimum Gasteiger partial charge on any atom is -0.484 e. The number of carbonyl (C=O) groups is 1. The van der Waals surface area contributed by atoms with Crippen LogP contribution in [0.15, 0.2) is 42.7 Å². The third-order valence-corrected chi connectivity index (χ3v) is 2.55. The number of anilines is 1. The molecule has 2 rings (SSSR count). The van der Waals surface area contributed by atoms with Gasteiger partial charge in [-0.2, -0.15) is 0 Å². The van der Waals surface area contributed by atoms with Crippen molar-refractivity contribution in [1.29, 1.82) is 0 Å². The Labute approximate surface area is 112 Å². The first kappa shape index (κ1) is 13.1. The van der Waals surface area contributed by atoms with Crippen LogP contribution >= 0.6 is 0 Å². The molecule has 1 heterocycles. The van der Waals surface area contributed by atoms with Crippen LogP contribution in [-0.2, 0) is 4.79 Å². The second-order valence-corrected chi connectivity index (χ2v) is 4.40. The summed E-state index contributed by atoms with van der Waals surface area (Å²) in [5.41, 5.74) is 2.83. The van der Waals surface area contributed by atoms with E-state index < -0.39 is 0 Å². The van der Waals surface area contributed by atoms with Crippen LogP contribution < -0.4 is 10.1 Å². The summed E-state index contributed by atoms with van der Waals surface area (Å²) >= 11 is 0. The minimum atomic E-state index is -0.201. The fourth-order valence-corrected chi connectivity index (χ4v) is 1.60. The molecule has 1 aromatic heterocycles. The molecule has 0 unspecified atom stereocenters. The predicted octanol–water partition coefficient (Wildman–Crippen LogP) is 2.72. The summed E-state index contributed by atoms with van der Waals surface area (Å²) in [7, 11) is 0. The van der Waals surface area contributed by atoms with E-state index in [0.29, 0.717) is 11.4 Å². The van der Waals surface area contributed by atoms with Crippen molar-refractivity contribution in [1.82, 2.24) is 4.98 Å². The van der Waals surface area contributed by atoms with Crippen molar-refractivity contribution >= 4 is 11.6 Å². The van der Waals surface area contributed by atoms with Gasteiger partial charge in [-0.05, 0) is 37.6 Å². The summed E-state index contributed by atoms with van der Waals surface area (Å²) in [5.74, 6) is 0.482. The highest BCUT2D eigenvalue weighted by Gasteiger charge is 2.04. The highest BCUT2D eigenvalue weighted by molar-refractivity contribution is 5.91. The van der Waals surface area contributed by atoms with Crippen molar-refractivity contribution in [3.8, 4) is 5.75 Å². The molecule has 0 aliphatic carbocycles. The highest BCUT2D eigenvalue weighted by atomic mass is 16.5. The van der Waals surface area contributed by atoms with Gasteiger partial charge in [-0.15, -0.1) is 0 Å². The molecule has 0 aliphatic heterocycles. The molecule has 1 aromatic carbocycles. The van der Waals surface area contributed by atoms with E-state index in [2.05, 4.69) is 10.3 Å². The van der Waals surface area contributed by atoms with Gasteiger partial charge in [-0.1, -0.05) is 17.7 Å². The molecule has 19 heavy (non-hydrogen) atoms. The van der Waals surface area contributed by atoms with E-state index >= 15 is 0 Å². The van der Waals surface area contributed by atoms with Gasteiger partial charge in [-0.3, -0.25) is 9.78 Å². The fraction of sp³-hybridized carbons (Fsp3) is 0.200. The van der Waals surface area contributed by atoms with Gasteiger partial charge in [0, 0.05) is 6.20 Å². The molecule has 0 aliphatic rings. The monoisotopic (exact) mass is 256 g/mol. The zero-order valence-corrected chi connectivity index (χ0v) is 11.0. The third kappa shape index (κ3) is 4.10. The van der Waals surface area contributed by atoms with Crippen LogP contribution in [0.1, 0.15) is 11.1 Å². The molecular formula is C15H16N2O2. The van der Waals surface area contributed by atoms with Gasteiger partial charge in [-0.25, -0.2) is 0 Å². The lowest BCUT2D eigenvalue weighted by Gasteiger charge is -2.07. The van der Waals surface area contributed by atoms with Crippen molar-refractivity contribution in [2.24, 2.45) is 0 Å². The van der Waals surface area contributed by atoms with E-state index in [1.165, 1.54) is 0 Å². The topological polar surface area (TPSA) is 51.2 Å². The molecule has 0 saturated heterocycles. The molecule has 0 fully saturated rings. The lowest BCUT2D eigenvalue weighted by Crippen LogP contribution is -2.20. The fourth-order valence-electron chi connectivity index (χ4n) is 1.60. The highest BCUT2D eigenvalue weighted by Crippen LogP contribution is 2.11. The van der Waals surface area contributed by atoms with E-state index in [4.69, 9.17) is 4.74 Å². The van der Waals surface area contributed by atoms with E-state index in [9.17, 15) is 4.79 Å². The Hall–Kier alpha value is -2.36. The molecule has 4 heteroatoms. The first-order valence-electron chi connectivity index (χ1n) is 6.04. The number of amides is 1. The molecule has 1 amide bonds. The second-order valence-electron chi connectivity index (χ2n) is 4.40. The number of aromatic nitrogens is 1. The van der Waals surface area contributed by atoms with Gasteiger partial charge < -0.3 is 10.1 Å². The van der Waals surface area contributed by atoms with Crippen molar-refractivity contribution in [3.05, 3.63) is 53.9 Å². The molecular weight excluding hydrogens is 240 g/mol. The Morgan fingerprint density at radius 3 is 2.58 bits per heavy atom. The van der Waals surface area contributed by atoms with Gasteiger partial charge in [0.25, 0.3) is 5.91 Å². The van der Waals surface area contributed by atoms with Crippen LogP contribution in [0.3, 0.4) is 0 Å².